The first-order chi connectivity index (χ1) is 14.4. The third-order valence-corrected chi connectivity index (χ3v) is 4.13. The molecule has 2 rings (SSSR count). The number of hydrogen-bond acceptors (Lipinski definition) is 6. The molecule has 0 spiro atoms. The molecular weight excluding hydrogens is 501 g/mol. The smallest absolute Gasteiger partial charge is 0.417 e. The molecule has 8 nitrogen and oxygen atoms in total. The van der Waals surface area contributed by atoms with E-state index in [1.165, 1.54) is 0 Å². The van der Waals surface area contributed by atoms with Gasteiger partial charge in [0.2, 0.25) is 5.75 Å². The Balaban J connectivity index is 0.000000320. The number of aromatic carboxylic acids is 1. The van der Waals surface area contributed by atoms with Crippen LogP contribution in [-0.2, 0) is 12.4 Å². The number of nitrogen functional groups attached to an aromatic ring is 1. The molecule has 0 aliphatic rings. The van der Waals surface area contributed by atoms with Crippen LogP contribution < -0.4 is 10.5 Å². The van der Waals surface area contributed by atoms with Crippen LogP contribution in [0.5, 0.6) is 11.5 Å². The van der Waals surface area contributed by atoms with Crippen LogP contribution in [-0.4, -0.2) is 28.2 Å². The van der Waals surface area contributed by atoms with Gasteiger partial charge in [-0.15, -0.1) is 0 Å². The summed E-state index contributed by atoms with van der Waals surface area (Å²) in [4.78, 5) is 20.1. The third-order valence-electron chi connectivity index (χ3n) is 3.56. The van der Waals surface area contributed by atoms with Crippen molar-refractivity contribution in [3.8, 4) is 11.5 Å². The zero-order valence-electron chi connectivity index (χ0n) is 15.3. The average molecular weight is 511 g/mol. The maximum absolute atomic E-state index is 12.4. The van der Waals surface area contributed by atoms with Gasteiger partial charge < -0.3 is 20.7 Å². The first-order valence-corrected chi connectivity index (χ1v) is 8.39. The first kappa shape index (κ1) is 26.9. The van der Waals surface area contributed by atoms with Crippen molar-refractivity contribution in [3.63, 3.8) is 0 Å². The highest BCUT2D eigenvalue weighted by atomic mass is 35.5. The molecule has 2 aromatic rings. The number of aromatic hydroxyl groups is 1. The highest BCUT2D eigenvalue weighted by Crippen LogP contribution is 2.42. The summed E-state index contributed by atoms with van der Waals surface area (Å²) in [5.41, 5.74) is -0.564. The Bertz CT molecular complexity index is 1060. The molecule has 0 unspecified atom stereocenters. The molecule has 0 bridgehead atoms. The molecule has 0 radical (unpaired) electrons. The fourth-order valence-corrected chi connectivity index (χ4v) is 2.70. The third kappa shape index (κ3) is 5.97. The maximum Gasteiger partial charge on any atom is 0.417 e. The van der Waals surface area contributed by atoms with Gasteiger partial charge in [0.15, 0.2) is 5.75 Å². The van der Waals surface area contributed by atoms with Crippen LogP contribution in [0.2, 0.25) is 10.0 Å². The van der Waals surface area contributed by atoms with E-state index in [2.05, 4.69) is 4.74 Å². The Kier molecular flexibility index (Phi) is 8.04. The standard InChI is InChI=1S/2C8H5ClF3NO3/c1-16-7-5(9)2-4(8(10,11)12)3-6(7)13(14)15;9-3-1-2(8(10,11)12)4(7(15)16)5(13)6(3)14/h2-3H,1H3;1,14H,13H2,(H,15,16). The molecule has 0 heterocycles. The van der Waals surface area contributed by atoms with Gasteiger partial charge >= 0.3 is 24.0 Å². The number of phenolic OH excluding ortho intramolecular Hbond substituents is 1. The Morgan fingerprint density at radius 2 is 1.62 bits per heavy atom. The van der Waals surface area contributed by atoms with Gasteiger partial charge in [-0.25, -0.2) is 4.79 Å². The van der Waals surface area contributed by atoms with Gasteiger partial charge in [-0.05, 0) is 12.1 Å². The molecule has 0 aromatic heterocycles. The summed E-state index contributed by atoms with van der Waals surface area (Å²) in [5, 5.41) is 27.1. The molecule has 0 aliphatic carbocycles. The number of carbonyl (C=O) groups is 1. The second-order valence-corrected chi connectivity index (χ2v) is 6.43. The average Bonchev–Trinajstić information content (AvgIpc) is 2.63. The van der Waals surface area contributed by atoms with Gasteiger partial charge in [-0.1, -0.05) is 23.2 Å². The van der Waals surface area contributed by atoms with Crippen molar-refractivity contribution in [2.24, 2.45) is 0 Å². The maximum atomic E-state index is 12.4. The van der Waals surface area contributed by atoms with Crippen LogP contribution >= 0.6 is 23.2 Å². The highest BCUT2D eigenvalue weighted by molar-refractivity contribution is 6.33. The van der Waals surface area contributed by atoms with Crippen molar-refractivity contribution in [2.75, 3.05) is 12.8 Å². The van der Waals surface area contributed by atoms with E-state index >= 15 is 0 Å². The topological polar surface area (TPSA) is 136 Å². The molecule has 0 aliphatic heterocycles. The minimum absolute atomic E-state index is 0.316. The van der Waals surface area contributed by atoms with Gasteiger partial charge in [0, 0.05) is 6.07 Å². The van der Waals surface area contributed by atoms with Crippen molar-refractivity contribution in [1.29, 1.82) is 0 Å². The number of nitro groups is 1. The number of ether oxygens (including phenoxy) is 1. The van der Waals surface area contributed by atoms with E-state index in [4.69, 9.17) is 39.1 Å². The lowest BCUT2D eigenvalue weighted by atomic mass is 10.0. The highest BCUT2D eigenvalue weighted by Gasteiger charge is 2.38. The van der Waals surface area contributed by atoms with E-state index < -0.39 is 67.1 Å². The number of nitrogens with two attached hydrogens (primary N) is 1. The second kappa shape index (κ2) is 9.56. The Morgan fingerprint density at radius 3 is 2.00 bits per heavy atom. The molecule has 32 heavy (non-hydrogen) atoms. The van der Waals surface area contributed by atoms with E-state index in [9.17, 15) is 41.3 Å². The number of carboxylic acid groups (broad SMARTS) is 1. The molecule has 0 saturated carbocycles. The lowest BCUT2D eigenvalue weighted by molar-refractivity contribution is -0.386. The summed E-state index contributed by atoms with van der Waals surface area (Å²) in [6, 6.07) is 1.27. The number of hydrogen-bond donors (Lipinski definition) is 3. The second-order valence-electron chi connectivity index (χ2n) is 5.61. The van der Waals surface area contributed by atoms with E-state index in [1.54, 1.807) is 0 Å². The summed E-state index contributed by atoms with van der Waals surface area (Å²) >= 11 is 10.7. The minimum Gasteiger partial charge on any atom is -0.504 e. The van der Waals surface area contributed by atoms with Crippen LogP contribution in [0.1, 0.15) is 21.5 Å². The van der Waals surface area contributed by atoms with Crippen molar-refractivity contribution in [2.45, 2.75) is 12.4 Å². The molecule has 0 fully saturated rings. The summed E-state index contributed by atoms with van der Waals surface area (Å²) in [6.45, 7) is 0. The lowest BCUT2D eigenvalue weighted by Crippen LogP contribution is -2.15. The molecule has 4 N–H and O–H groups in total. The number of anilines is 1. The molecule has 16 heteroatoms. The summed E-state index contributed by atoms with van der Waals surface area (Å²) in [6.07, 6.45) is -9.61. The van der Waals surface area contributed by atoms with Gasteiger partial charge in [0.25, 0.3) is 0 Å². The van der Waals surface area contributed by atoms with Crippen LogP contribution in [0.25, 0.3) is 0 Å². The summed E-state index contributed by atoms with van der Waals surface area (Å²) in [5.74, 6) is -3.16. The first-order valence-electron chi connectivity index (χ1n) is 7.64. The Hall–Kier alpha value is -3.13. The normalized spacial score (nSPS) is 11.4. The number of alkyl halides is 6. The fourth-order valence-electron chi connectivity index (χ4n) is 2.19. The van der Waals surface area contributed by atoms with Crippen LogP contribution in [0, 0.1) is 10.1 Å². The van der Waals surface area contributed by atoms with E-state index in [-0.39, 0.29) is 5.75 Å². The van der Waals surface area contributed by atoms with Crippen molar-refractivity contribution in [1.82, 2.24) is 0 Å². The Morgan fingerprint density at radius 1 is 1.09 bits per heavy atom. The zero-order chi connectivity index (χ0) is 25.2. The number of nitrogens with zero attached hydrogens (tertiary/aromatic N) is 1. The minimum atomic E-state index is -4.92. The fraction of sp³-hybridized carbons (Fsp3) is 0.188. The molecule has 0 saturated heterocycles. The predicted molar refractivity (Wildman–Crippen MR) is 99.2 cm³/mol. The number of rotatable bonds is 3. The van der Waals surface area contributed by atoms with Crippen molar-refractivity contribution in [3.05, 3.63) is 55.0 Å². The van der Waals surface area contributed by atoms with Gasteiger partial charge in [-0.2, -0.15) is 26.3 Å². The van der Waals surface area contributed by atoms with Crippen LogP contribution in [0.4, 0.5) is 37.7 Å². The van der Waals surface area contributed by atoms with Crippen molar-refractivity contribution >= 4 is 40.5 Å². The lowest BCUT2D eigenvalue weighted by Gasteiger charge is -2.14. The zero-order valence-corrected chi connectivity index (χ0v) is 16.8. The van der Waals surface area contributed by atoms with E-state index in [0.717, 1.165) is 7.11 Å². The number of carboxylic acids is 1. The number of benzene rings is 2. The number of halogens is 8. The van der Waals surface area contributed by atoms with Crippen LogP contribution in [0.3, 0.4) is 0 Å². The van der Waals surface area contributed by atoms with Gasteiger partial charge in [0.05, 0.1) is 44.5 Å². The number of nitro benzene ring substituents is 1. The molecule has 0 amide bonds. The molecule has 0 atom stereocenters. The number of phenols is 1. The molecule has 176 valence electrons. The monoisotopic (exact) mass is 510 g/mol. The largest absolute Gasteiger partial charge is 0.504 e. The molecule has 2 aromatic carbocycles. The quantitative estimate of drug-likeness (QED) is 0.160. The SMILES string of the molecule is COc1c(Cl)cc(C(F)(F)F)cc1[N+](=O)[O-].Nc1c(O)c(Cl)cc(C(F)(F)F)c1C(=O)O. The van der Waals surface area contributed by atoms with E-state index in [1.807, 2.05) is 0 Å². The van der Waals surface area contributed by atoms with Gasteiger partial charge in [-0.3, -0.25) is 10.1 Å². The number of methoxy groups -OCH3 is 1. The Labute approximate surface area is 183 Å². The summed E-state index contributed by atoms with van der Waals surface area (Å²) < 4.78 is 78.9. The van der Waals surface area contributed by atoms with Gasteiger partial charge in [0.1, 0.15) is 0 Å². The van der Waals surface area contributed by atoms with Crippen LogP contribution in [0.15, 0.2) is 18.2 Å². The van der Waals surface area contributed by atoms with Crippen molar-refractivity contribution < 1.29 is 51.0 Å². The molecular formula is C16H10Cl2F6N2O6. The predicted octanol–water partition coefficient (Wildman–Crippen LogP) is 5.62. The summed E-state index contributed by atoms with van der Waals surface area (Å²) in [7, 11) is 1.08. The van der Waals surface area contributed by atoms with E-state index in [0.29, 0.717) is 18.2 Å².